The number of hydrogen-bond donors (Lipinski definition) is 1. The minimum Gasteiger partial charge on any atom is -0.327 e. The highest BCUT2D eigenvalue weighted by Gasteiger charge is 2.46. The number of nitrogens with two attached hydrogens (primary N) is 1. The summed E-state index contributed by atoms with van der Waals surface area (Å²) in [6, 6.07) is 0.499. The van der Waals surface area contributed by atoms with E-state index in [0.29, 0.717) is 11.6 Å². The van der Waals surface area contributed by atoms with Gasteiger partial charge in [0.15, 0.2) is 0 Å². The molecule has 2 aliphatic carbocycles. The highest BCUT2D eigenvalue weighted by Crippen LogP contribution is 2.47. The standard InChI is InChI=1S/C16H31N3/c1-16(2,3)19-8-6-18(7-9-19)11-14-12-4-5-13(10-12)15(14)17/h12-15H,4-11,17H2,1-3H3. The third-order valence-corrected chi connectivity index (χ3v) is 5.95. The fraction of sp³-hybridized carbons (Fsp3) is 1.00. The molecule has 0 aromatic carbocycles. The number of piperazine rings is 1. The third kappa shape index (κ3) is 2.70. The summed E-state index contributed by atoms with van der Waals surface area (Å²) < 4.78 is 0. The summed E-state index contributed by atoms with van der Waals surface area (Å²) >= 11 is 0. The van der Waals surface area contributed by atoms with Crippen LogP contribution in [0.15, 0.2) is 0 Å². The second kappa shape index (κ2) is 5.01. The first-order chi connectivity index (χ1) is 8.95. The molecule has 0 spiro atoms. The van der Waals surface area contributed by atoms with Crippen LogP contribution in [0.1, 0.15) is 40.0 Å². The molecule has 2 bridgehead atoms. The Hall–Kier alpha value is -0.120. The van der Waals surface area contributed by atoms with Crippen molar-refractivity contribution in [1.29, 1.82) is 0 Å². The monoisotopic (exact) mass is 265 g/mol. The number of nitrogens with zero attached hydrogens (tertiary/aromatic N) is 2. The van der Waals surface area contributed by atoms with E-state index in [0.717, 1.165) is 17.8 Å². The van der Waals surface area contributed by atoms with Gasteiger partial charge in [0.2, 0.25) is 0 Å². The predicted molar refractivity (Wildman–Crippen MR) is 80.1 cm³/mol. The van der Waals surface area contributed by atoms with Gasteiger partial charge in [-0.15, -0.1) is 0 Å². The first-order valence-corrected chi connectivity index (χ1v) is 8.18. The van der Waals surface area contributed by atoms with Gasteiger partial charge in [0.05, 0.1) is 0 Å². The van der Waals surface area contributed by atoms with Gasteiger partial charge in [0.1, 0.15) is 0 Å². The highest BCUT2D eigenvalue weighted by molar-refractivity contribution is 5.00. The molecule has 3 heteroatoms. The van der Waals surface area contributed by atoms with Crippen LogP contribution in [0.4, 0.5) is 0 Å². The van der Waals surface area contributed by atoms with Crippen molar-refractivity contribution < 1.29 is 0 Å². The van der Waals surface area contributed by atoms with E-state index >= 15 is 0 Å². The van der Waals surface area contributed by atoms with Crippen molar-refractivity contribution in [1.82, 2.24) is 9.80 Å². The van der Waals surface area contributed by atoms with Crippen molar-refractivity contribution in [3.63, 3.8) is 0 Å². The van der Waals surface area contributed by atoms with E-state index in [2.05, 4.69) is 30.6 Å². The Bertz CT molecular complexity index is 312. The summed E-state index contributed by atoms with van der Waals surface area (Å²) in [6.45, 7) is 13.2. The maximum Gasteiger partial charge on any atom is 0.0126 e. The van der Waals surface area contributed by atoms with E-state index in [1.54, 1.807) is 0 Å². The molecule has 1 saturated heterocycles. The largest absolute Gasteiger partial charge is 0.327 e. The molecule has 19 heavy (non-hydrogen) atoms. The molecule has 4 unspecified atom stereocenters. The molecule has 2 saturated carbocycles. The summed E-state index contributed by atoms with van der Waals surface area (Å²) in [4.78, 5) is 5.29. The molecule has 3 nitrogen and oxygen atoms in total. The van der Waals surface area contributed by atoms with E-state index in [9.17, 15) is 0 Å². The van der Waals surface area contributed by atoms with Gasteiger partial charge in [-0.05, 0) is 57.8 Å². The van der Waals surface area contributed by atoms with Gasteiger partial charge in [0.25, 0.3) is 0 Å². The van der Waals surface area contributed by atoms with Crippen molar-refractivity contribution in [2.24, 2.45) is 23.5 Å². The van der Waals surface area contributed by atoms with E-state index in [-0.39, 0.29) is 0 Å². The number of rotatable bonds is 2. The Kier molecular flexibility index (Phi) is 3.65. The lowest BCUT2D eigenvalue weighted by atomic mass is 9.84. The molecular weight excluding hydrogens is 234 g/mol. The first-order valence-electron chi connectivity index (χ1n) is 8.18. The van der Waals surface area contributed by atoms with Crippen molar-refractivity contribution in [2.75, 3.05) is 32.7 Å². The third-order valence-electron chi connectivity index (χ3n) is 5.95. The fourth-order valence-electron chi connectivity index (χ4n) is 4.63. The Morgan fingerprint density at radius 2 is 1.63 bits per heavy atom. The Morgan fingerprint density at radius 1 is 1.00 bits per heavy atom. The molecule has 1 aliphatic heterocycles. The Balaban J connectivity index is 1.50. The molecule has 0 aromatic rings. The van der Waals surface area contributed by atoms with Crippen LogP contribution in [0.2, 0.25) is 0 Å². The number of hydrogen-bond acceptors (Lipinski definition) is 3. The van der Waals surface area contributed by atoms with Crippen molar-refractivity contribution in [3.05, 3.63) is 0 Å². The second-order valence-electron chi connectivity index (χ2n) is 8.03. The fourth-order valence-corrected chi connectivity index (χ4v) is 4.63. The molecule has 4 atom stereocenters. The van der Waals surface area contributed by atoms with Gasteiger partial charge < -0.3 is 10.6 Å². The average Bonchev–Trinajstić information content (AvgIpc) is 2.93. The highest BCUT2D eigenvalue weighted by atomic mass is 15.3. The summed E-state index contributed by atoms with van der Waals surface area (Å²) in [7, 11) is 0. The maximum atomic E-state index is 6.44. The quantitative estimate of drug-likeness (QED) is 0.826. The molecule has 3 fully saturated rings. The lowest BCUT2D eigenvalue weighted by molar-refractivity contribution is 0.0483. The van der Waals surface area contributed by atoms with Gasteiger partial charge in [-0.25, -0.2) is 0 Å². The van der Waals surface area contributed by atoms with E-state index in [1.807, 2.05) is 0 Å². The van der Waals surface area contributed by atoms with Gasteiger partial charge in [-0.3, -0.25) is 4.90 Å². The summed E-state index contributed by atoms with van der Waals surface area (Å²) in [6.07, 6.45) is 4.28. The van der Waals surface area contributed by atoms with Crippen LogP contribution in [0.3, 0.4) is 0 Å². The topological polar surface area (TPSA) is 32.5 Å². The number of fused-ring (bicyclic) bond motifs is 2. The average molecular weight is 265 g/mol. The molecule has 110 valence electrons. The Labute approximate surface area is 118 Å². The minimum atomic E-state index is 0.328. The molecular formula is C16H31N3. The zero-order valence-electron chi connectivity index (χ0n) is 12.9. The van der Waals surface area contributed by atoms with Crippen LogP contribution >= 0.6 is 0 Å². The van der Waals surface area contributed by atoms with E-state index in [4.69, 9.17) is 5.73 Å². The van der Waals surface area contributed by atoms with Crippen LogP contribution in [0.5, 0.6) is 0 Å². The Morgan fingerprint density at radius 3 is 2.16 bits per heavy atom. The smallest absolute Gasteiger partial charge is 0.0126 e. The zero-order chi connectivity index (χ0) is 13.6. The SMILES string of the molecule is CC(C)(C)N1CCN(CC2C3CCC(C3)C2N)CC1. The van der Waals surface area contributed by atoms with Gasteiger partial charge in [0, 0.05) is 44.3 Å². The summed E-state index contributed by atoms with van der Waals surface area (Å²) in [5, 5.41) is 0. The van der Waals surface area contributed by atoms with Crippen LogP contribution in [0, 0.1) is 17.8 Å². The second-order valence-corrected chi connectivity index (χ2v) is 8.03. The predicted octanol–water partition coefficient (Wildman–Crippen LogP) is 1.78. The van der Waals surface area contributed by atoms with Crippen LogP contribution in [-0.4, -0.2) is 54.1 Å². The van der Waals surface area contributed by atoms with Crippen LogP contribution < -0.4 is 5.73 Å². The molecule has 0 radical (unpaired) electrons. The lowest BCUT2D eigenvalue weighted by Crippen LogP contribution is -2.55. The summed E-state index contributed by atoms with van der Waals surface area (Å²) in [5.74, 6) is 2.59. The molecule has 2 N–H and O–H groups in total. The maximum absolute atomic E-state index is 6.44. The lowest BCUT2D eigenvalue weighted by Gasteiger charge is -2.43. The van der Waals surface area contributed by atoms with Crippen molar-refractivity contribution in [3.8, 4) is 0 Å². The minimum absolute atomic E-state index is 0.328. The van der Waals surface area contributed by atoms with E-state index in [1.165, 1.54) is 52.0 Å². The van der Waals surface area contributed by atoms with Crippen molar-refractivity contribution >= 4 is 0 Å². The zero-order valence-corrected chi connectivity index (χ0v) is 12.9. The van der Waals surface area contributed by atoms with Gasteiger partial charge >= 0.3 is 0 Å². The molecule has 3 rings (SSSR count). The molecule has 1 heterocycles. The first kappa shape index (κ1) is 13.8. The van der Waals surface area contributed by atoms with Gasteiger partial charge in [-0.1, -0.05) is 0 Å². The van der Waals surface area contributed by atoms with Gasteiger partial charge in [-0.2, -0.15) is 0 Å². The molecule has 0 aromatic heterocycles. The summed E-state index contributed by atoms with van der Waals surface area (Å²) in [5.41, 5.74) is 6.77. The van der Waals surface area contributed by atoms with Crippen LogP contribution in [0.25, 0.3) is 0 Å². The molecule has 0 amide bonds. The van der Waals surface area contributed by atoms with Crippen molar-refractivity contribution in [2.45, 2.75) is 51.6 Å². The molecule has 3 aliphatic rings. The van der Waals surface area contributed by atoms with E-state index < -0.39 is 0 Å². The normalized spacial score (nSPS) is 41.1. The van der Waals surface area contributed by atoms with Crippen LogP contribution in [-0.2, 0) is 0 Å².